The molecule has 0 aromatic carbocycles. The highest BCUT2D eigenvalue weighted by Crippen LogP contribution is 2.19. The second-order valence-electron chi connectivity index (χ2n) is 6.80. The Bertz CT molecular complexity index is 281. The van der Waals surface area contributed by atoms with Crippen LogP contribution in [0.1, 0.15) is 71.1 Å². The van der Waals surface area contributed by atoms with E-state index in [1.165, 1.54) is 64.2 Å². The van der Waals surface area contributed by atoms with E-state index in [9.17, 15) is 10.2 Å². The second kappa shape index (κ2) is 13.5. The highest BCUT2D eigenvalue weighted by Gasteiger charge is 2.40. The van der Waals surface area contributed by atoms with E-state index >= 15 is 0 Å². The number of aliphatic hydroxyl groups excluding tert-OH is 3. The average molecular weight is 348 g/mol. The van der Waals surface area contributed by atoms with Gasteiger partial charge in [-0.05, 0) is 12.2 Å². The van der Waals surface area contributed by atoms with E-state index < -0.39 is 12.2 Å². The van der Waals surface area contributed by atoms with Crippen molar-refractivity contribution in [3.63, 3.8) is 0 Å². The van der Waals surface area contributed by atoms with Gasteiger partial charge in [-0.1, -0.05) is 64.7 Å². The molecule has 0 radical (unpaired) electrons. The molecular weight excluding hydrogens is 310 g/mol. The topological polar surface area (TPSA) is 72.7 Å². The molecular formula is C18H37NO3S. The molecule has 4 nitrogen and oxygen atoms in total. The Labute approximate surface area is 146 Å². The van der Waals surface area contributed by atoms with Gasteiger partial charge in [0, 0.05) is 11.8 Å². The maximum absolute atomic E-state index is 9.90. The van der Waals surface area contributed by atoms with Crippen LogP contribution in [0.3, 0.4) is 0 Å². The van der Waals surface area contributed by atoms with Crippen molar-refractivity contribution in [3.05, 3.63) is 0 Å². The molecule has 138 valence electrons. The lowest BCUT2D eigenvalue weighted by atomic mass is 10.1. The molecule has 0 spiro atoms. The van der Waals surface area contributed by atoms with Crippen molar-refractivity contribution in [1.29, 1.82) is 0 Å². The lowest BCUT2D eigenvalue weighted by Crippen LogP contribution is -2.37. The molecule has 1 rings (SSSR count). The van der Waals surface area contributed by atoms with E-state index in [-0.39, 0.29) is 18.7 Å². The maximum atomic E-state index is 9.90. The van der Waals surface area contributed by atoms with Crippen LogP contribution in [0.25, 0.3) is 0 Å². The van der Waals surface area contributed by atoms with E-state index in [2.05, 4.69) is 12.2 Å². The highest BCUT2D eigenvalue weighted by molar-refractivity contribution is 7.99. The molecule has 1 heterocycles. The van der Waals surface area contributed by atoms with Crippen LogP contribution >= 0.6 is 11.8 Å². The number of hydrogen-bond donors (Lipinski definition) is 4. The molecule has 0 amide bonds. The van der Waals surface area contributed by atoms with Gasteiger partial charge in [0.25, 0.3) is 0 Å². The zero-order chi connectivity index (χ0) is 16.9. The van der Waals surface area contributed by atoms with Crippen LogP contribution in [0.2, 0.25) is 0 Å². The first-order valence-corrected chi connectivity index (χ1v) is 10.7. The third-order valence-electron chi connectivity index (χ3n) is 4.74. The Kier molecular flexibility index (Phi) is 12.4. The number of nitrogens with one attached hydrogen (secondary N) is 1. The molecule has 1 aliphatic heterocycles. The standard InChI is InChI=1S/C18H37NO3S/c1-2-3-4-5-6-7-8-9-10-11-12-23-14-16-18(22)17(21)15(13-20)19-16/h15-22H,2-14H2,1H3/t15-,16+,17-,18-/m1/s1. The van der Waals surface area contributed by atoms with Gasteiger partial charge in [-0.2, -0.15) is 11.8 Å². The van der Waals surface area contributed by atoms with Crippen molar-refractivity contribution < 1.29 is 15.3 Å². The predicted octanol–water partition coefficient (Wildman–Crippen LogP) is 2.70. The summed E-state index contributed by atoms with van der Waals surface area (Å²) in [6.45, 7) is 2.13. The van der Waals surface area contributed by atoms with E-state index in [0.29, 0.717) is 0 Å². The fraction of sp³-hybridized carbons (Fsp3) is 1.00. The lowest BCUT2D eigenvalue weighted by molar-refractivity contribution is 0.0219. The van der Waals surface area contributed by atoms with Crippen LogP contribution in [0.15, 0.2) is 0 Å². The Balaban J connectivity index is 1.87. The molecule has 1 aliphatic rings. The molecule has 0 unspecified atom stereocenters. The molecule has 0 aromatic rings. The smallest absolute Gasteiger partial charge is 0.0989 e. The summed E-state index contributed by atoms with van der Waals surface area (Å²) in [4.78, 5) is 0. The van der Waals surface area contributed by atoms with Gasteiger partial charge in [0.05, 0.1) is 24.9 Å². The average Bonchev–Trinajstić information content (AvgIpc) is 2.83. The van der Waals surface area contributed by atoms with E-state index in [1.54, 1.807) is 0 Å². The lowest BCUT2D eigenvalue weighted by Gasteiger charge is -2.15. The normalized spacial score (nSPS) is 27.7. The highest BCUT2D eigenvalue weighted by atomic mass is 32.2. The molecule has 1 fully saturated rings. The summed E-state index contributed by atoms with van der Waals surface area (Å²) >= 11 is 1.83. The van der Waals surface area contributed by atoms with E-state index in [4.69, 9.17) is 5.11 Å². The maximum Gasteiger partial charge on any atom is 0.0989 e. The Morgan fingerprint density at radius 3 is 1.83 bits per heavy atom. The minimum atomic E-state index is -0.845. The predicted molar refractivity (Wildman–Crippen MR) is 99.0 cm³/mol. The number of thioether (sulfide) groups is 1. The van der Waals surface area contributed by atoms with Crippen molar-refractivity contribution in [2.75, 3.05) is 18.1 Å². The van der Waals surface area contributed by atoms with Crippen molar-refractivity contribution in [2.24, 2.45) is 0 Å². The van der Waals surface area contributed by atoms with Gasteiger partial charge < -0.3 is 20.6 Å². The van der Waals surface area contributed by atoms with Gasteiger partial charge in [-0.3, -0.25) is 0 Å². The van der Waals surface area contributed by atoms with E-state index in [0.717, 1.165) is 11.5 Å². The van der Waals surface area contributed by atoms with Crippen molar-refractivity contribution in [2.45, 2.75) is 95.4 Å². The Morgan fingerprint density at radius 2 is 1.30 bits per heavy atom. The van der Waals surface area contributed by atoms with Crippen LogP contribution in [0.4, 0.5) is 0 Å². The molecule has 0 aromatic heterocycles. The Hall–Kier alpha value is 0.190. The van der Waals surface area contributed by atoms with Crippen LogP contribution < -0.4 is 5.32 Å². The zero-order valence-corrected chi connectivity index (χ0v) is 15.6. The quantitative estimate of drug-likeness (QED) is 0.364. The summed E-state index contributed by atoms with van der Waals surface area (Å²) in [6, 6.07) is -0.483. The van der Waals surface area contributed by atoms with Gasteiger partial charge in [-0.25, -0.2) is 0 Å². The minimum absolute atomic E-state index is 0.102. The van der Waals surface area contributed by atoms with Crippen LogP contribution in [-0.4, -0.2) is 57.7 Å². The summed E-state index contributed by atoms with van der Waals surface area (Å²) in [5, 5.41) is 31.8. The molecule has 23 heavy (non-hydrogen) atoms. The summed E-state index contributed by atoms with van der Waals surface area (Å²) in [7, 11) is 0. The third-order valence-corrected chi connectivity index (χ3v) is 5.91. The number of unbranched alkanes of at least 4 members (excludes halogenated alkanes) is 9. The summed E-state index contributed by atoms with van der Waals surface area (Å²) < 4.78 is 0. The molecule has 0 aliphatic carbocycles. The number of aliphatic hydroxyl groups is 3. The molecule has 5 heteroatoms. The van der Waals surface area contributed by atoms with Crippen LogP contribution in [-0.2, 0) is 0 Å². The van der Waals surface area contributed by atoms with E-state index in [1.807, 2.05) is 11.8 Å². The zero-order valence-electron chi connectivity index (χ0n) is 14.8. The van der Waals surface area contributed by atoms with Crippen molar-refractivity contribution in [3.8, 4) is 0 Å². The van der Waals surface area contributed by atoms with Gasteiger partial charge in [0.1, 0.15) is 0 Å². The minimum Gasteiger partial charge on any atom is -0.395 e. The van der Waals surface area contributed by atoms with Gasteiger partial charge >= 0.3 is 0 Å². The molecule has 4 N–H and O–H groups in total. The first-order valence-electron chi connectivity index (χ1n) is 9.51. The molecule has 1 saturated heterocycles. The first-order chi connectivity index (χ1) is 11.2. The molecule has 0 saturated carbocycles. The van der Waals surface area contributed by atoms with Crippen LogP contribution in [0.5, 0.6) is 0 Å². The fourth-order valence-electron chi connectivity index (χ4n) is 3.16. The fourth-order valence-corrected chi connectivity index (χ4v) is 4.28. The van der Waals surface area contributed by atoms with Crippen molar-refractivity contribution in [1.82, 2.24) is 5.32 Å². The van der Waals surface area contributed by atoms with Gasteiger partial charge in [0.2, 0.25) is 0 Å². The SMILES string of the molecule is CCCCCCCCCCCCSC[C@@H]1N[C@H](CO)[C@@H](O)[C@@H]1O. The van der Waals surface area contributed by atoms with Gasteiger partial charge in [0.15, 0.2) is 0 Å². The number of rotatable bonds is 14. The Morgan fingerprint density at radius 1 is 0.783 bits per heavy atom. The second-order valence-corrected chi connectivity index (χ2v) is 7.95. The molecule has 4 atom stereocenters. The first kappa shape index (κ1) is 21.2. The molecule has 0 bridgehead atoms. The van der Waals surface area contributed by atoms with Gasteiger partial charge in [-0.15, -0.1) is 0 Å². The van der Waals surface area contributed by atoms with Crippen molar-refractivity contribution >= 4 is 11.8 Å². The summed E-state index contributed by atoms with van der Waals surface area (Å²) in [5.41, 5.74) is 0. The monoisotopic (exact) mass is 347 g/mol. The van der Waals surface area contributed by atoms with Crippen LogP contribution in [0, 0.1) is 0 Å². The number of hydrogen-bond acceptors (Lipinski definition) is 5. The largest absolute Gasteiger partial charge is 0.395 e. The third kappa shape index (κ3) is 8.73. The summed E-state index contributed by atoms with van der Waals surface area (Å²) in [5.74, 6) is 1.91. The summed E-state index contributed by atoms with van der Waals surface area (Å²) in [6.07, 6.45) is 11.9.